The van der Waals surface area contributed by atoms with Crippen LogP contribution in [0.25, 0.3) is 0 Å². The van der Waals surface area contributed by atoms with Crippen LogP contribution in [-0.4, -0.2) is 62.3 Å². The number of alkyl halides is 1. The molecule has 0 aliphatic carbocycles. The summed E-state index contributed by atoms with van der Waals surface area (Å²) < 4.78 is 5.27. The SMILES string of the molecule is CCOC(=O)c1ccccc1C1(Cl)C=CN=C2N=C(c3ccc(N4CCN(C)CC4)cc3)C=C21. The Balaban J connectivity index is 1.44. The van der Waals surface area contributed by atoms with Crippen molar-refractivity contribution >= 4 is 34.8 Å². The Kier molecular flexibility index (Phi) is 6.11. The van der Waals surface area contributed by atoms with E-state index in [1.54, 1.807) is 25.3 Å². The minimum absolute atomic E-state index is 0.297. The molecule has 0 bridgehead atoms. The van der Waals surface area contributed by atoms with Crippen LogP contribution in [0.2, 0.25) is 0 Å². The summed E-state index contributed by atoms with van der Waals surface area (Å²) in [5, 5.41) is 0. The number of ether oxygens (including phenoxy) is 1. The van der Waals surface area contributed by atoms with Crippen LogP contribution in [0.3, 0.4) is 0 Å². The zero-order valence-electron chi connectivity index (χ0n) is 19.4. The highest BCUT2D eigenvalue weighted by atomic mass is 35.5. The Morgan fingerprint density at radius 1 is 1.09 bits per heavy atom. The Morgan fingerprint density at radius 3 is 2.56 bits per heavy atom. The van der Waals surface area contributed by atoms with Gasteiger partial charge >= 0.3 is 5.97 Å². The number of nitrogens with zero attached hydrogens (tertiary/aromatic N) is 4. The molecular weight excluding hydrogens is 448 g/mol. The van der Waals surface area contributed by atoms with E-state index < -0.39 is 10.8 Å². The smallest absolute Gasteiger partial charge is 0.338 e. The largest absolute Gasteiger partial charge is 0.462 e. The molecule has 0 spiro atoms. The average Bonchev–Trinajstić information content (AvgIpc) is 3.31. The molecule has 2 aromatic carbocycles. The number of anilines is 1. The van der Waals surface area contributed by atoms with E-state index in [-0.39, 0.29) is 0 Å². The van der Waals surface area contributed by atoms with Crippen molar-refractivity contribution in [2.75, 3.05) is 44.7 Å². The van der Waals surface area contributed by atoms with Crippen molar-refractivity contribution in [2.24, 2.45) is 9.98 Å². The maximum atomic E-state index is 12.6. The molecule has 7 heteroatoms. The number of rotatable bonds is 5. The molecule has 3 aliphatic heterocycles. The third kappa shape index (κ3) is 4.08. The molecule has 0 saturated carbocycles. The van der Waals surface area contributed by atoms with Gasteiger partial charge in [-0.2, -0.15) is 0 Å². The van der Waals surface area contributed by atoms with Gasteiger partial charge in [0.15, 0.2) is 5.84 Å². The number of carbonyl (C=O) groups excluding carboxylic acids is 1. The van der Waals surface area contributed by atoms with E-state index in [1.807, 2.05) is 24.3 Å². The van der Waals surface area contributed by atoms with Crippen LogP contribution < -0.4 is 4.90 Å². The molecule has 5 rings (SSSR count). The maximum absolute atomic E-state index is 12.6. The third-order valence-electron chi connectivity index (χ3n) is 6.49. The minimum atomic E-state index is -1.06. The Morgan fingerprint density at radius 2 is 1.82 bits per heavy atom. The molecule has 1 atom stereocenters. The number of piperazine rings is 1. The number of likely N-dealkylation sites (N-methyl/N-ethyl adjacent to an activating group) is 1. The molecule has 3 heterocycles. The van der Waals surface area contributed by atoms with Gasteiger partial charge in [0.25, 0.3) is 0 Å². The third-order valence-corrected chi connectivity index (χ3v) is 7.02. The topological polar surface area (TPSA) is 57.5 Å². The predicted molar refractivity (Wildman–Crippen MR) is 137 cm³/mol. The van der Waals surface area contributed by atoms with Crippen molar-refractivity contribution in [3.05, 3.63) is 89.1 Å². The predicted octanol–water partition coefficient (Wildman–Crippen LogP) is 4.40. The molecule has 3 aliphatic rings. The molecule has 0 amide bonds. The van der Waals surface area contributed by atoms with E-state index in [0.717, 1.165) is 43.0 Å². The van der Waals surface area contributed by atoms with Crippen LogP contribution in [0, 0.1) is 0 Å². The van der Waals surface area contributed by atoms with E-state index in [9.17, 15) is 4.79 Å². The zero-order chi connectivity index (χ0) is 23.7. The first-order valence-electron chi connectivity index (χ1n) is 11.6. The fraction of sp³-hybridized carbons (Fsp3) is 0.296. The lowest BCUT2D eigenvalue weighted by molar-refractivity contribution is 0.0524. The second-order valence-corrected chi connectivity index (χ2v) is 9.23. The monoisotopic (exact) mass is 474 g/mol. The molecule has 0 N–H and O–H groups in total. The number of carbonyl (C=O) groups is 1. The van der Waals surface area contributed by atoms with Gasteiger partial charge in [-0.3, -0.25) is 0 Å². The second-order valence-electron chi connectivity index (χ2n) is 8.64. The van der Waals surface area contributed by atoms with Gasteiger partial charge < -0.3 is 14.5 Å². The van der Waals surface area contributed by atoms with Crippen molar-refractivity contribution in [1.82, 2.24) is 4.90 Å². The molecular formula is C27H27ClN4O2. The summed E-state index contributed by atoms with van der Waals surface area (Å²) in [5.74, 6) is 0.170. The Hall–Kier alpha value is -3.22. The highest BCUT2D eigenvalue weighted by Crippen LogP contribution is 2.44. The molecule has 1 saturated heterocycles. The number of hydrogen-bond acceptors (Lipinski definition) is 6. The fourth-order valence-corrected chi connectivity index (χ4v) is 4.91. The summed E-state index contributed by atoms with van der Waals surface area (Å²) >= 11 is 7.21. The number of hydrogen-bond donors (Lipinski definition) is 0. The van der Waals surface area contributed by atoms with Gasteiger partial charge in [0.05, 0.1) is 17.9 Å². The Labute approximate surface area is 204 Å². The maximum Gasteiger partial charge on any atom is 0.338 e. The summed E-state index contributed by atoms with van der Waals surface area (Å²) in [6.07, 6.45) is 5.43. The van der Waals surface area contributed by atoms with Crippen molar-refractivity contribution in [1.29, 1.82) is 0 Å². The number of amidine groups is 1. The van der Waals surface area contributed by atoms with E-state index in [2.05, 4.69) is 46.1 Å². The number of aliphatic imine (C=N–C) groups is 2. The molecule has 1 fully saturated rings. The van der Waals surface area contributed by atoms with Crippen LogP contribution in [0.15, 0.2) is 82.4 Å². The molecule has 0 radical (unpaired) electrons. The summed E-state index contributed by atoms with van der Waals surface area (Å²) in [4.78, 5) is 25.5. The lowest BCUT2D eigenvalue weighted by atomic mass is 9.85. The van der Waals surface area contributed by atoms with Crippen molar-refractivity contribution in [3.63, 3.8) is 0 Å². The summed E-state index contributed by atoms with van der Waals surface area (Å²) in [7, 11) is 2.16. The van der Waals surface area contributed by atoms with E-state index in [0.29, 0.717) is 23.6 Å². The van der Waals surface area contributed by atoms with Gasteiger partial charge in [-0.25, -0.2) is 14.8 Å². The molecule has 2 aromatic rings. The first-order valence-corrected chi connectivity index (χ1v) is 11.9. The second kappa shape index (κ2) is 9.20. The van der Waals surface area contributed by atoms with Gasteiger partial charge in [0, 0.05) is 49.2 Å². The van der Waals surface area contributed by atoms with E-state index in [1.165, 1.54) is 5.69 Å². The number of allylic oxidation sites excluding steroid dienone is 2. The molecule has 34 heavy (non-hydrogen) atoms. The van der Waals surface area contributed by atoms with Crippen molar-refractivity contribution in [3.8, 4) is 0 Å². The normalized spacial score (nSPS) is 22.1. The van der Waals surface area contributed by atoms with Crippen LogP contribution in [0.5, 0.6) is 0 Å². The lowest BCUT2D eigenvalue weighted by Gasteiger charge is -2.34. The zero-order valence-corrected chi connectivity index (χ0v) is 20.1. The first kappa shape index (κ1) is 22.6. The van der Waals surface area contributed by atoms with Crippen molar-refractivity contribution in [2.45, 2.75) is 11.8 Å². The number of esters is 1. The van der Waals surface area contributed by atoms with Crippen LogP contribution >= 0.6 is 11.6 Å². The van der Waals surface area contributed by atoms with Gasteiger partial charge in [-0.15, -0.1) is 11.6 Å². The average molecular weight is 475 g/mol. The minimum Gasteiger partial charge on any atom is -0.462 e. The van der Waals surface area contributed by atoms with Crippen LogP contribution in [0.4, 0.5) is 5.69 Å². The van der Waals surface area contributed by atoms with Gasteiger partial charge in [-0.05, 0) is 49.9 Å². The number of halogens is 1. The molecule has 174 valence electrons. The molecule has 0 aromatic heterocycles. The highest BCUT2D eigenvalue weighted by Gasteiger charge is 2.41. The standard InChI is InChI=1S/C27H27ClN4O2/c1-3-34-26(33)21-6-4-5-7-22(21)27(28)12-13-29-25-23(27)18-24(30-25)19-8-10-20(11-9-19)32-16-14-31(2)15-17-32/h4-13,18H,3,14-17H2,1-2H3. The summed E-state index contributed by atoms with van der Waals surface area (Å²) in [5.41, 5.74) is 4.88. The summed E-state index contributed by atoms with van der Waals surface area (Å²) in [6, 6.07) is 15.8. The molecule has 1 unspecified atom stereocenters. The number of benzene rings is 2. The van der Waals surface area contributed by atoms with Gasteiger partial charge in [0.1, 0.15) is 4.87 Å². The molecule has 6 nitrogen and oxygen atoms in total. The van der Waals surface area contributed by atoms with Gasteiger partial charge in [0.2, 0.25) is 0 Å². The Bertz CT molecular complexity index is 1220. The van der Waals surface area contributed by atoms with Crippen LogP contribution in [0.1, 0.15) is 28.4 Å². The lowest BCUT2D eigenvalue weighted by Crippen LogP contribution is -2.44. The van der Waals surface area contributed by atoms with Crippen LogP contribution in [-0.2, 0) is 9.61 Å². The van der Waals surface area contributed by atoms with Crippen molar-refractivity contribution < 1.29 is 9.53 Å². The van der Waals surface area contributed by atoms with Gasteiger partial charge in [-0.1, -0.05) is 30.3 Å². The summed E-state index contributed by atoms with van der Waals surface area (Å²) in [6.45, 7) is 6.27. The highest BCUT2D eigenvalue weighted by molar-refractivity contribution is 6.36. The van der Waals surface area contributed by atoms with E-state index >= 15 is 0 Å². The fourth-order valence-electron chi connectivity index (χ4n) is 4.55. The number of fused-ring (bicyclic) bond motifs is 1. The quantitative estimate of drug-likeness (QED) is 0.476. The first-order chi connectivity index (χ1) is 16.5. The van der Waals surface area contributed by atoms with E-state index in [4.69, 9.17) is 21.3 Å².